The number of anilines is 1. The molecule has 0 radical (unpaired) electrons. The minimum Gasteiger partial charge on any atom is -0.397 e. The van der Waals surface area contributed by atoms with E-state index in [-0.39, 0.29) is 18.1 Å². The predicted octanol–water partition coefficient (Wildman–Crippen LogP) is 1.82. The molecular weight excluding hydrogens is 288 g/mol. The van der Waals surface area contributed by atoms with E-state index in [0.717, 1.165) is 35.4 Å². The number of amides is 1. The predicted molar refractivity (Wildman–Crippen MR) is 83.6 cm³/mol. The standard InChI is InChI=1S/C14H20N4O2S/c1-4-20-9-5-8(6-9)16-13(19)12-11(15)10-7(2)17-18(3)14(10)21-12/h8-9H,4-6,15H2,1-3H3,(H,16,19). The zero-order chi connectivity index (χ0) is 15.1. The lowest BCUT2D eigenvalue weighted by molar-refractivity contribution is -0.00858. The quantitative estimate of drug-likeness (QED) is 0.902. The van der Waals surface area contributed by atoms with Crippen LogP contribution in [0.5, 0.6) is 0 Å². The topological polar surface area (TPSA) is 82.2 Å². The molecule has 2 heterocycles. The van der Waals surface area contributed by atoms with Crippen LogP contribution >= 0.6 is 11.3 Å². The Bertz CT molecular complexity index is 685. The monoisotopic (exact) mass is 308 g/mol. The Morgan fingerprint density at radius 2 is 2.29 bits per heavy atom. The van der Waals surface area contributed by atoms with Gasteiger partial charge in [0.15, 0.2) is 0 Å². The third kappa shape index (κ3) is 2.40. The van der Waals surface area contributed by atoms with Crippen molar-refractivity contribution in [1.82, 2.24) is 15.1 Å². The maximum Gasteiger partial charge on any atom is 0.263 e. The Kier molecular flexibility index (Phi) is 3.62. The number of nitrogens with one attached hydrogen (secondary N) is 1. The molecule has 21 heavy (non-hydrogen) atoms. The van der Waals surface area contributed by atoms with E-state index in [1.807, 2.05) is 20.9 Å². The van der Waals surface area contributed by atoms with Crippen LogP contribution in [0.15, 0.2) is 0 Å². The fraction of sp³-hybridized carbons (Fsp3) is 0.571. The number of rotatable bonds is 4. The van der Waals surface area contributed by atoms with Gasteiger partial charge in [-0.2, -0.15) is 5.10 Å². The van der Waals surface area contributed by atoms with Crippen molar-refractivity contribution in [2.75, 3.05) is 12.3 Å². The molecule has 7 heteroatoms. The van der Waals surface area contributed by atoms with Crippen molar-refractivity contribution in [3.8, 4) is 0 Å². The van der Waals surface area contributed by atoms with E-state index in [9.17, 15) is 4.79 Å². The average molecular weight is 308 g/mol. The number of nitrogens with two attached hydrogens (primary N) is 1. The van der Waals surface area contributed by atoms with Crippen LogP contribution in [0.25, 0.3) is 10.2 Å². The first-order valence-electron chi connectivity index (χ1n) is 7.15. The van der Waals surface area contributed by atoms with Gasteiger partial charge in [-0.15, -0.1) is 11.3 Å². The number of hydrogen-bond donors (Lipinski definition) is 2. The van der Waals surface area contributed by atoms with Gasteiger partial charge in [0, 0.05) is 19.7 Å². The maximum atomic E-state index is 12.4. The van der Waals surface area contributed by atoms with Crippen LogP contribution in [0, 0.1) is 6.92 Å². The van der Waals surface area contributed by atoms with Gasteiger partial charge in [-0.05, 0) is 26.7 Å². The first-order chi connectivity index (χ1) is 10.0. The highest BCUT2D eigenvalue weighted by atomic mass is 32.1. The molecule has 0 unspecified atom stereocenters. The Balaban J connectivity index is 1.74. The number of aromatic nitrogens is 2. The second-order valence-electron chi connectivity index (χ2n) is 5.45. The van der Waals surface area contributed by atoms with Gasteiger partial charge in [-0.3, -0.25) is 9.48 Å². The average Bonchev–Trinajstić information content (AvgIpc) is 2.87. The minimum absolute atomic E-state index is 0.0898. The summed E-state index contributed by atoms with van der Waals surface area (Å²) in [4.78, 5) is 13.9. The normalized spacial score (nSPS) is 21.5. The second-order valence-corrected chi connectivity index (χ2v) is 6.45. The molecule has 3 rings (SSSR count). The van der Waals surface area contributed by atoms with E-state index < -0.39 is 0 Å². The third-order valence-electron chi connectivity index (χ3n) is 3.92. The summed E-state index contributed by atoms with van der Waals surface area (Å²) in [5.74, 6) is -0.0898. The number of carbonyl (C=O) groups excluding carboxylic acids is 1. The number of aryl methyl sites for hydroxylation is 2. The van der Waals surface area contributed by atoms with Crippen molar-refractivity contribution >= 4 is 33.1 Å². The van der Waals surface area contributed by atoms with Gasteiger partial charge in [0.05, 0.1) is 22.9 Å². The van der Waals surface area contributed by atoms with Gasteiger partial charge in [-0.25, -0.2) is 0 Å². The van der Waals surface area contributed by atoms with Crippen LogP contribution in [0.2, 0.25) is 0 Å². The molecule has 0 bridgehead atoms. The summed E-state index contributed by atoms with van der Waals surface area (Å²) < 4.78 is 7.28. The van der Waals surface area contributed by atoms with E-state index in [4.69, 9.17) is 10.5 Å². The third-order valence-corrected chi connectivity index (χ3v) is 5.19. The van der Waals surface area contributed by atoms with E-state index in [2.05, 4.69) is 10.4 Å². The molecular formula is C14H20N4O2S. The lowest BCUT2D eigenvalue weighted by Gasteiger charge is -2.35. The summed E-state index contributed by atoms with van der Waals surface area (Å²) in [6, 6.07) is 0.192. The molecule has 3 N–H and O–H groups in total. The smallest absolute Gasteiger partial charge is 0.263 e. The number of nitrogen functional groups attached to an aromatic ring is 1. The molecule has 2 aromatic heterocycles. The van der Waals surface area contributed by atoms with Gasteiger partial charge in [-0.1, -0.05) is 0 Å². The van der Waals surface area contributed by atoms with Crippen molar-refractivity contribution in [2.24, 2.45) is 7.05 Å². The van der Waals surface area contributed by atoms with Gasteiger partial charge >= 0.3 is 0 Å². The second kappa shape index (κ2) is 5.31. The zero-order valence-corrected chi connectivity index (χ0v) is 13.3. The van der Waals surface area contributed by atoms with Crippen LogP contribution in [0.4, 0.5) is 5.69 Å². The van der Waals surface area contributed by atoms with Gasteiger partial charge in [0.1, 0.15) is 9.71 Å². The Labute approximate surface area is 127 Å². The van der Waals surface area contributed by atoms with Crippen LogP contribution < -0.4 is 11.1 Å². The molecule has 1 saturated carbocycles. The van der Waals surface area contributed by atoms with Gasteiger partial charge in [0.2, 0.25) is 0 Å². The molecule has 1 aliphatic rings. The summed E-state index contributed by atoms with van der Waals surface area (Å²) in [5, 5.41) is 8.26. The molecule has 0 aromatic carbocycles. The molecule has 0 aliphatic heterocycles. The number of nitrogens with zero attached hydrogens (tertiary/aromatic N) is 2. The molecule has 1 aliphatic carbocycles. The summed E-state index contributed by atoms with van der Waals surface area (Å²) in [6.45, 7) is 4.62. The van der Waals surface area contributed by atoms with Crippen LogP contribution in [-0.2, 0) is 11.8 Å². The number of carbonyl (C=O) groups is 1. The highest BCUT2D eigenvalue weighted by Gasteiger charge is 2.32. The lowest BCUT2D eigenvalue weighted by Crippen LogP contribution is -2.47. The molecule has 114 valence electrons. The number of thiophene rings is 1. The highest BCUT2D eigenvalue weighted by Crippen LogP contribution is 2.35. The van der Waals surface area contributed by atoms with Crippen molar-refractivity contribution in [3.63, 3.8) is 0 Å². The Morgan fingerprint density at radius 1 is 1.57 bits per heavy atom. The molecule has 6 nitrogen and oxygen atoms in total. The Hall–Kier alpha value is -1.60. The molecule has 0 atom stereocenters. The molecule has 0 spiro atoms. The fourth-order valence-electron chi connectivity index (χ4n) is 2.80. The number of hydrogen-bond acceptors (Lipinski definition) is 5. The van der Waals surface area contributed by atoms with Crippen molar-refractivity contribution < 1.29 is 9.53 Å². The first kappa shape index (κ1) is 14.3. The SMILES string of the molecule is CCOC1CC(NC(=O)c2sc3c(c(C)nn3C)c2N)C1. The highest BCUT2D eigenvalue weighted by molar-refractivity contribution is 7.21. The fourth-order valence-corrected chi connectivity index (χ4v) is 3.89. The maximum absolute atomic E-state index is 12.4. The van der Waals surface area contributed by atoms with Gasteiger partial charge in [0.25, 0.3) is 5.91 Å². The van der Waals surface area contributed by atoms with Crippen molar-refractivity contribution in [1.29, 1.82) is 0 Å². The van der Waals surface area contributed by atoms with Crippen LogP contribution in [-0.4, -0.2) is 34.4 Å². The van der Waals surface area contributed by atoms with E-state index in [1.165, 1.54) is 11.3 Å². The van der Waals surface area contributed by atoms with Crippen molar-refractivity contribution in [2.45, 2.75) is 38.8 Å². The lowest BCUT2D eigenvalue weighted by atomic mass is 9.89. The largest absolute Gasteiger partial charge is 0.397 e. The Morgan fingerprint density at radius 3 is 2.90 bits per heavy atom. The zero-order valence-electron chi connectivity index (χ0n) is 12.5. The first-order valence-corrected chi connectivity index (χ1v) is 7.97. The van der Waals surface area contributed by atoms with Crippen molar-refractivity contribution in [3.05, 3.63) is 10.6 Å². The number of fused-ring (bicyclic) bond motifs is 1. The minimum atomic E-state index is -0.0898. The molecule has 2 aromatic rings. The molecule has 1 fully saturated rings. The van der Waals surface area contributed by atoms with Gasteiger partial charge < -0.3 is 15.8 Å². The summed E-state index contributed by atoms with van der Waals surface area (Å²) in [5.41, 5.74) is 7.54. The van der Waals surface area contributed by atoms with E-state index in [0.29, 0.717) is 10.6 Å². The molecule has 0 saturated heterocycles. The molecule has 1 amide bonds. The summed E-state index contributed by atoms with van der Waals surface area (Å²) in [7, 11) is 1.87. The van der Waals surface area contributed by atoms with Crippen LogP contribution in [0.3, 0.4) is 0 Å². The summed E-state index contributed by atoms with van der Waals surface area (Å²) in [6.07, 6.45) is 2.04. The van der Waals surface area contributed by atoms with E-state index >= 15 is 0 Å². The number of ether oxygens (including phenoxy) is 1. The summed E-state index contributed by atoms with van der Waals surface area (Å²) >= 11 is 1.40. The van der Waals surface area contributed by atoms with E-state index in [1.54, 1.807) is 4.68 Å². The van der Waals surface area contributed by atoms with Crippen LogP contribution in [0.1, 0.15) is 35.1 Å².